The van der Waals surface area contributed by atoms with Gasteiger partial charge in [-0.2, -0.15) is 0 Å². The van der Waals surface area contributed by atoms with Crippen molar-refractivity contribution in [3.8, 4) is 0 Å². The van der Waals surface area contributed by atoms with Gasteiger partial charge >= 0.3 is 0 Å². The summed E-state index contributed by atoms with van der Waals surface area (Å²) in [6.07, 6.45) is 2.73. The molecule has 1 unspecified atom stereocenters. The monoisotopic (exact) mass is 252 g/mol. The molecule has 2 rings (SSSR count). The van der Waals surface area contributed by atoms with Gasteiger partial charge in [0.05, 0.1) is 0 Å². The highest BCUT2D eigenvalue weighted by atomic mass is 35.5. The summed E-state index contributed by atoms with van der Waals surface area (Å²) in [5, 5.41) is 4.32. The minimum atomic E-state index is 0.643. The average Bonchev–Trinajstić information content (AvgIpc) is 2.85. The molecule has 0 spiro atoms. The third kappa shape index (κ3) is 3.98. The van der Waals surface area contributed by atoms with E-state index in [2.05, 4.69) is 29.3 Å². The van der Waals surface area contributed by atoms with Crippen molar-refractivity contribution in [3.63, 3.8) is 0 Å². The second-order valence-corrected chi connectivity index (χ2v) is 5.29. The van der Waals surface area contributed by atoms with Crippen LogP contribution in [0.4, 0.5) is 0 Å². The molecule has 17 heavy (non-hydrogen) atoms. The Balaban J connectivity index is 1.70. The predicted molar refractivity (Wildman–Crippen MR) is 73.4 cm³/mol. The Hall–Kier alpha value is -0.570. The van der Waals surface area contributed by atoms with Crippen LogP contribution in [0.25, 0.3) is 0 Å². The second kappa shape index (κ2) is 6.39. The fraction of sp³-hybridized carbons (Fsp3) is 0.571. The van der Waals surface area contributed by atoms with E-state index in [0.29, 0.717) is 6.04 Å². The Kier molecular flexibility index (Phi) is 4.84. The number of rotatable bonds is 5. The standard InChI is InChI=1S/C14H21ClN2/c1-12(17-8-2-3-9-17)10-16-11-13-4-6-14(15)7-5-13/h4-7,12,16H,2-3,8-11H2,1H3. The molecule has 0 radical (unpaired) electrons. The predicted octanol–water partition coefficient (Wildman–Crippen LogP) is 2.91. The van der Waals surface area contributed by atoms with Gasteiger partial charge in [-0.15, -0.1) is 0 Å². The van der Waals surface area contributed by atoms with Crippen LogP contribution in [0.3, 0.4) is 0 Å². The van der Waals surface area contributed by atoms with Gasteiger partial charge in [0.15, 0.2) is 0 Å². The summed E-state index contributed by atoms with van der Waals surface area (Å²) < 4.78 is 0. The van der Waals surface area contributed by atoms with E-state index in [-0.39, 0.29) is 0 Å². The van der Waals surface area contributed by atoms with Crippen molar-refractivity contribution in [2.75, 3.05) is 19.6 Å². The molecule has 1 saturated heterocycles. The van der Waals surface area contributed by atoms with Crippen LogP contribution in [-0.4, -0.2) is 30.6 Å². The smallest absolute Gasteiger partial charge is 0.0406 e. The largest absolute Gasteiger partial charge is 0.311 e. The third-order valence-corrected chi connectivity index (χ3v) is 3.70. The summed E-state index contributed by atoms with van der Waals surface area (Å²) in [6, 6.07) is 8.70. The molecule has 94 valence electrons. The van der Waals surface area contributed by atoms with Gasteiger partial charge in [-0.25, -0.2) is 0 Å². The first-order valence-electron chi connectivity index (χ1n) is 6.45. The number of nitrogens with zero attached hydrogens (tertiary/aromatic N) is 1. The summed E-state index contributed by atoms with van der Waals surface area (Å²) in [6.45, 7) is 6.83. The average molecular weight is 253 g/mol. The van der Waals surface area contributed by atoms with Crippen LogP contribution in [0.1, 0.15) is 25.3 Å². The maximum atomic E-state index is 5.86. The highest BCUT2D eigenvalue weighted by Gasteiger charge is 2.17. The molecule has 3 heteroatoms. The van der Waals surface area contributed by atoms with E-state index in [0.717, 1.165) is 18.1 Å². The molecule has 1 fully saturated rings. The number of nitrogens with one attached hydrogen (secondary N) is 1. The van der Waals surface area contributed by atoms with Gasteiger partial charge in [0.25, 0.3) is 0 Å². The van der Waals surface area contributed by atoms with Gasteiger partial charge < -0.3 is 5.32 Å². The minimum absolute atomic E-state index is 0.643. The van der Waals surface area contributed by atoms with Crippen LogP contribution in [0, 0.1) is 0 Å². The molecule has 1 aromatic rings. The second-order valence-electron chi connectivity index (χ2n) is 4.85. The van der Waals surface area contributed by atoms with Gasteiger partial charge in [0.2, 0.25) is 0 Å². The van der Waals surface area contributed by atoms with E-state index in [1.165, 1.54) is 31.5 Å². The van der Waals surface area contributed by atoms with Gasteiger partial charge in [-0.05, 0) is 50.6 Å². The van der Waals surface area contributed by atoms with Crippen molar-refractivity contribution >= 4 is 11.6 Å². The Bertz CT molecular complexity index is 331. The Morgan fingerprint density at radius 2 is 1.88 bits per heavy atom. The van der Waals surface area contributed by atoms with E-state index in [4.69, 9.17) is 11.6 Å². The van der Waals surface area contributed by atoms with E-state index >= 15 is 0 Å². The van der Waals surface area contributed by atoms with Crippen molar-refractivity contribution in [3.05, 3.63) is 34.9 Å². The molecule has 1 atom stereocenters. The van der Waals surface area contributed by atoms with E-state index in [1.807, 2.05) is 12.1 Å². The normalized spacial score (nSPS) is 18.5. The molecular weight excluding hydrogens is 232 g/mol. The highest BCUT2D eigenvalue weighted by Crippen LogP contribution is 2.11. The van der Waals surface area contributed by atoms with Crippen LogP contribution < -0.4 is 5.32 Å². The van der Waals surface area contributed by atoms with Gasteiger partial charge in [-0.1, -0.05) is 23.7 Å². The van der Waals surface area contributed by atoms with Crippen molar-refractivity contribution in [2.45, 2.75) is 32.4 Å². The van der Waals surface area contributed by atoms with Crippen molar-refractivity contribution in [1.29, 1.82) is 0 Å². The fourth-order valence-electron chi connectivity index (χ4n) is 2.34. The maximum absolute atomic E-state index is 5.86. The molecule has 1 aromatic carbocycles. The lowest BCUT2D eigenvalue weighted by molar-refractivity contribution is 0.251. The molecule has 0 amide bonds. The molecule has 1 N–H and O–H groups in total. The molecule has 2 nitrogen and oxygen atoms in total. The maximum Gasteiger partial charge on any atom is 0.0406 e. The van der Waals surface area contributed by atoms with Crippen molar-refractivity contribution in [2.24, 2.45) is 0 Å². The molecule has 0 aliphatic carbocycles. The lowest BCUT2D eigenvalue weighted by Gasteiger charge is -2.23. The third-order valence-electron chi connectivity index (χ3n) is 3.45. The SMILES string of the molecule is CC(CNCc1ccc(Cl)cc1)N1CCCC1. The number of halogens is 1. The zero-order valence-corrected chi connectivity index (χ0v) is 11.2. The number of hydrogen-bond donors (Lipinski definition) is 1. The first kappa shape index (κ1) is 12.9. The number of hydrogen-bond acceptors (Lipinski definition) is 2. The molecule has 1 aliphatic rings. The fourth-order valence-corrected chi connectivity index (χ4v) is 2.47. The molecule has 0 bridgehead atoms. The Morgan fingerprint density at radius 3 is 2.53 bits per heavy atom. The first-order valence-corrected chi connectivity index (χ1v) is 6.83. The molecule has 0 saturated carbocycles. The lowest BCUT2D eigenvalue weighted by Crippen LogP contribution is -2.38. The Labute approximate surface area is 109 Å². The molecule has 1 heterocycles. The first-order chi connectivity index (χ1) is 8.25. The lowest BCUT2D eigenvalue weighted by atomic mass is 10.2. The van der Waals surface area contributed by atoms with E-state index in [1.54, 1.807) is 0 Å². The summed E-state index contributed by atoms with van der Waals surface area (Å²) in [5.41, 5.74) is 1.29. The van der Waals surface area contributed by atoms with Crippen molar-refractivity contribution < 1.29 is 0 Å². The van der Waals surface area contributed by atoms with Crippen molar-refractivity contribution in [1.82, 2.24) is 10.2 Å². The zero-order valence-electron chi connectivity index (χ0n) is 10.5. The van der Waals surface area contributed by atoms with Crippen LogP contribution in [0.2, 0.25) is 5.02 Å². The Morgan fingerprint density at radius 1 is 1.24 bits per heavy atom. The summed E-state index contributed by atoms with van der Waals surface area (Å²) in [7, 11) is 0. The quantitative estimate of drug-likeness (QED) is 0.867. The van der Waals surface area contributed by atoms with Crippen LogP contribution >= 0.6 is 11.6 Å². The molecular formula is C14H21ClN2. The summed E-state index contributed by atoms with van der Waals surface area (Å²) in [4.78, 5) is 2.56. The topological polar surface area (TPSA) is 15.3 Å². The summed E-state index contributed by atoms with van der Waals surface area (Å²) in [5.74, 6) is 0. The van der Waals surface area contributed by atoms with Gasteiger partial charge in [-0.3, -0.25) is 4.90 Å². The molecule has 1 aliphatic heterocycles. The van der Waals surface area contributed by atoms with E-state index in [9.17, 15) is 0 Å². The molecule has 0 aromatic heterocycles. The highest BCUT2D eigenvalue weighted by molar-refractivity contribution is 6.30. The zero-order chi connectivity index (χ0) is 12.1. The van der Waals surface area contributed by atoms with Gasteiger partial charge in [0, 0.05) is 24.2 Å². The van der Waals surface area contributed by atoms with Crippen LogP contribution in [-0.2, 0) is 6.54 Å². The van der Waals surface area contributed by atoms with Gasteiger partial charge in [0.1, 0.15) is 0 Å². The minimum Gasteiger partial charge on any atom is -0.311 e. The van der Waals surface area contributed by atoms with Crippen LogP contribution in [0.5, 0.6) is 0 Å². The van der Waals surface area contributed by atoms with E-state index < -0.39 is 0 Å². The number of benzene rings is 1. The number of likely N-dealkylation sites (tertiary alicyclic amines) is 1. The van der Waals surface area contributed by atoms with Crippen LogP contribution in [0.15, 0.2) is 24.3 Å². The summed E-state index contributed by atoms with van der Waals surface area (Å²) >= 11 is 5.86.